The summed E-state index contributed by atoms with van der Waals surface area (Å²) >= 11 is 0. The molecule has 0 spiro atoms. The lowest BCUT2D eigenvalue weighted by Crippen LogP contribution is -2.68. The Hall–Kier alpha value is -8.70. The summed E-state index contributed by atoms with van der Waals surface area (Å²) < 4.78 is 18.5. The average Bonchev–Trinajstić information content (AvgIpc) is 4.00. The number of aromatic nitrogens is 2. The van der Waals surface area contributed by atoms with Gasteiger partial charge in [-0.2, -0.15) is 0 Å². The van der Waals surface area contributed by atoms with Crippen LogP contribution < -0.4 is 19.8 Å². The molecule has 17 heteroatoms. The molecule has 16 nitrogen and oxygen atoms in total. The SMILES string of the molecule is O=[N+]([O-])c1ccc(O[Si]2(Oc3ccc([N+](=O)[O-])cc3)n3c4c5ccccc5c3N=C3N=C(N=c5c6ccccc6c(n52)=NC2=NC(=N4)c4ccccc42)c2ccccc23)cc1. The van der Waals surface area contributed by atoms with Gasteiger partial charge in [-0.05, 0) is 24.3 Å². The Morgan fingerprint density at radius 2 is 0.754 bits per heavy atom. The van der Waals surface area contributed by atoms with Gasteiger partial charge in [-0.3, -0.25) is 28.7 Å². The van der Waals surface area contributed by atoms with Crippen molar-refractivity contribution in [1.82, 2.24) is 8.47 Å². The fourth-order valence-electron chi connectivity index (χ4n) is 8.22. The van der Waals surface area contributed by atoms with Crippen LogP contribution in [-0.2, 0) is 0 Å². The Bertz CT molecular complexity index is 3330. The molecular weight excluding hydrogens is 793 g/mol. The second-order valence-electron chi connectivity index (χ2n) is 14.4. The number of nitro groups is 2. The maximum atomic E-state index is 11.9. The molecule has 6 heterocycles. The van der Waals surface area contributed by atoms with Crippen LogP contribution in [0.15, 0.2) is 176 Å². The summed E-state index contributed by atoms with van der Waals surface area (Å²) in [6.45, 7) is 0. The Balaban J connectivity index is 1.35. The Morgan fingerprint density at radius 1 is 0.410 bits per heavy atom. The second-order valence-corrected chi connectivity index (χ2v) is 16.8. The maximum Gasteiger partial charge on any atom is 0.738 e. The number of fused-ring (bicyclic) bond motifs is 14. The third-order valence-corrected chi connectivity index (χ3v) is 13.9. The first-order valence-corrected chi connectivity index (χ1v) is 20.7. The van der Waals surface area contributed by atoms with E-state index in [0.29, 0.717) is 67.5 Å². The number of aliphatic imine (C=N–C) groups is 4. The van der Waals surface area contributed by atoms with Gasteiger partial charge >= 0.3 is 8.88 Å². The van der Waals surface area contributed by atoms with Crippen LogP contribution in [0, 0.1) is 20.2 Å². The largest absolute Gasteiger partial charge is 0.738 e. The highest BCUT2D eigenvalue weighted by molar-refractivity contribution is 6.67. The van der Waals surface area contributed by atoms with Crippen molar-refractivity contribution in [3.63, 3.8) is 0 Å². The molecule has 8 aromatic rings. The molecule has 6 aromatic carbocycles. The zero-order valence-corrected chi connectivity index (χ0v) is 32.3. The van der Waals surface area contributed by atoms with Crippen molar-refractivity contribution in [3.05, 3.63) is 199 Å². The van der Waals surface area contributed by atoms with Crippen molar-refractivity contribution < 1.29 is 18.7 Å². The summed E-state index contributed by atoms with van der Waals surface area (Å²) in [6.07, 6.45) is 0. The van der Waals surface area contributed by atoms with Crippen LogP contribution in [0.2, 0.25) is 0 Å². The molecule has 0 atom stereocenters. The number of non-ortho nitro benzene ring substituents is 2. The van der Waals surface area contributed by atoms with E-state index in [1.54, 1.807) is 0 Å². The van der Waals surface area contributed by atoms with Gasteiger partial charge in [0.05, 0.1) is 9.85 Å². The number of nitro benzene ring substituents is 2. The van der Waals surface area contributed by atoms with Crippen LogP contribution in [0.25, 0.3) is 21.5 Å². The number of rotatable bonds is 6. The molecule has 0 unspecified atom stereocenters. The third-order valence-electron chi connectivity index (χ3n) is 10.9. The van der Waals surface area contributed by atoms with E-state index in [9.17, 15) is 20.2 Å². The van der Waals surface area contributed by atoms with Crippen LogP contribution in [0.1, 0.15) is 22.3 Å². The normalized spacial score (nSPS) is 15.0. The standard InChI is InChI=1S/C44H24N10O6Si/c55-53(56)25-17-21-27(22-18-25)59-61(60-28-23-19-26(20-24-28)54(57)58)51-41-33-13-5-6-14-34(33)43(51)49-39-31-11-3-4-12-32(31)40(46-39)50-44-36-16-8-7-15-35(36)42(52(44)61)48-38-30-10-2-1-9-29(30)37(45-38)47-41/h1-24H. The first-order chi connectivity index (χ1) is 29.8. The lowest BCUT2D eigenvalue weighted by Gasteiger charge is -2.33. The smallest absolute Gasteiger partial charge is 0.480 e. The first kappa shape index (κ1) is 34.3. The highest BCUT2D eigenvalue weighted by Gasteiger charge is 2.57. The minimum atomic E-state index is -4.80. The Labute approximate surface area is 343 Å². The summed E-state index contributed by atoms with van der Waals surface area (Å²) in [7, 11) is -4.80. The fraction of sp³-hybridized carbons (Fsp3) is 0. The van der Waals surface area contributed by atoms with Crippen LogP contribution in [0.5, 0.6) is 11.5 Å². The number of nitrogens with zero attached hydrogens (tertiary/aromatic N) is 10. The van der Waals surface area contributed by atoms with Gasteiger partial charge in [-0.15, -0.1) is 0 Å². The van der Waals surface area contributed by atoms with Crippen molar-refractivity contribution in [1.29, 1.82) is 0 Å². The van der Waals surface area contributed by atoms with Gasteiger partial charge in [-0.1, -0.05) is 97.1 Å². The third kappa shape index (κ3) is 5.04. The second kappa shape index (κ2) is 12.6. The summed E-state index contributed by atoms with van der Waals surface area (Å²) in [4.78, 5) is 54.4. The summed E-state index contributed by atoms with van der Waals surface area (Å²) in [6, 6.07) is 42.2. The van der Waals surface area contributed by atoms with Gasteiger partial charge in [0, 0.05) is 68.1 Å². The predicted octanol–water partition coefficient (Wildman–Crippen LogP) is 7.35. The van der Waals surface area contributed by atoms with Crippen molar-refractivity contribution in [2.24, 2.45) is 30.0 Å². The molecule has 2 aromatic heterocycles. The van der Waals surface area contributed by atoms with E-state index in [1.165, 1.54) is 48.5 Å². The summed E-state index contributed by atoms with van der Waals surface area (Å²) in [5, 5.41) is 26.5. The molecule has 0 aliphatic carbocycles. The van der Waals surface area contributed by atoms with E-state index in [4.69, 9.17) is 38.8 Å². The Kier molecular flexibility index (Phi) is 7.12. The van der Waals surface area contributed by atoms with Crippen molar-refractivity contribution in [2.45, 2.75) is 0 Å². The van der Waals surface area contributed by atoms with Gasteiger partial charge in [0.2, 0.25) is 0 Å². The molecule has 290 valence electrons. The molecule has 4 aliphatic heterocycles. The number of hydrogen-bond donors (Lipinski definition) is 0. The van der Waals surface area contributed by atoms with Crippen LogP contribution in [0.4, 0.5) is 23.0 Å². The van der Waals surface area contributed by atoms with Gasteiger partial charge in [0.15, 0.2) is 23.3 Å². The quantitative estimate of drug-likeness (QED) is 0.0958. The number of hydrogen-bond acceptors (Lipinski definition) is 12. The monoisotopic (exact) mass is 816 g/mol. The molecule has 61 heavy (non-hydrogen) atoms. The maximum absolute atomic E-state index is 11.9. The van der Waals surface area contributed by atoms with E-state index in [-0.39, 0.29) is 22.9 Å². The van der Waals surface area contributed by atoms with Crippen molar-refractivity contribution in [3.8, 4) is 11.5 Å². The fourth-order valence-corrected chi connectivity index (χ4v) is 11.5. The summed E-state index contributed by atoms with van der Waals surface area (Å²) in [5.74, 6) is 2.69. The molecule has 0 saturated carbocycles. The van der Waals surface area contributed by atoms with Crippen molar-refractivity contribution >= 4 is 76.8 Å². The molecule has 0 radical (unpaired) electrons. The number of benzene rings is 6. The van der Waals surface area contributed by atoms with Gasteiger partial charge in [-0.25, -0.2) is 30.0 Å². The lowest BCUT2D eigenvalue weighted by molar-refractivity contribution is -0.385. The van der Waals surface area contributed by atoms with Crippen LogP contribution in [0.3, 0.4) is 0 Å². The Morgan fingerprint density at radius 3 is 1.13 bits per heavy atom. The van der Waals surface area contributed by atoms with Gasteiger partial charge in [0.25, 0.3) is 11.4 Å². The van der Waals surface area contributed by atoms with Crippen molar-refractivity contribution in [2.75, 3.05) is 0 Å². The predicted molar refractivity (Wildman–Crippen MR) is 229 cm³/mol. The highest BCUT2D eigenvalue weighted by Crippen LogP contribution is 2.44. The van der Waals surface area contributed by atoms with Crippen LogP contribution >= 0.6 is 0 Å². The van der Waals surface area contributed by atoms with E-state index >= 15 is 0 Å². The molecule has 6 bridgehead atoms. The highest BCUT2D eigenvalue weighted by atomic mass is 28.4. The summed E-state index contributed by atoms with van der Waals surface area (Å²) in [5.41, 5.74) is 3.45. The van der Waals surface area contributed by atoms with Gasteiger partial charge < -0.3 is 8.85 Å². The molecule has 0 saturated heterocycles. The molecule has 0 amide bonds. The van der Waals surface area contributed by atoms with E-state index in [1.807, 2.05) is 106 Å². The molecule has 0 fully saturated rings. The lowest BCUT2D eigenvalue weighted by atomic mass is 10.1. The minimum Gasteiger partial charge on any atom is -0.480 e. The molecule has 4 aliphatic rings. The average molecular weight is 817 g/mol. The first-order valence-electron chi connectivity index (χ1n) is 19.0. The zero-order chi connectivity index (χ0) is 41.0. The molecule has 0 N–H and O–H groups in total. The minimum absolute atomic E-state index is 0.150. The van der Waals surface area contributed by atoms with E-state index in [2.05, 4.69) is 0 Å². The van der Waals surface area contributed by atoms with Crippen LogP contribution in [-0.4, -0.2) is 50.5 Å². The zero-order valence-electron chi connectivity index (χ0n) is 31.3. The van der Waals surface area contributed by atoms with E-state index in [0.717, 1.165) is 22.3 Å². The molecular formula is C44H24N10O6Si. The topological polar surface area (TPSA) is 189 Å². The number of amidine groups is 4. The van der Waals surface area contributed by atoms with Gasteiger partial charge in [0.1, 0.15) is 34.1 Å². The molecule has 12 rings (SSSR count). The van der Waals surface area contributed by atoms with E-state index < -0.39 is 18.7 Å².